The molecule has 1 aliphatic rings. The van der Waals surface area contributed by atoms with Crippen molar-refractivity contribution in [1.82, 2.24) is 14.9 Å². The molecule has 0 spiro atoms. The van der Waals surface area contributed by atoms with E-state index in [1.165, 1.54) is 24.5 Å². The highest BCUT2D eigenvalue weighted by Crippen LogP contribution is 2.27. The van der Waals surface area contributed by atoms with E-state index in [-0.39, 0.29) is 11.6 Å². The third-order valence-corrected chi connectivity index (χ3v) is 4.37. The maximum absolute atomic E-state index is 12.6. The number of carbonyl (C=O) groups is 2. The van der Waals surface area contributed by atoms with Crippen LogP contribution in [-0.4, -0.2) is 58.0 Å². The molecule has 1 amide bonds. The van der Waals surface area contributed by atoms with Crippen LogP contribution in [0.5, 0.6) is 0 Å². The third kappa shape index (κ3) is 3.83. The van der Waals surface area contributed by atoms with Crippen molar-refractivity contribution in [3.05, 3.63) is 51.9 Å². The zero-order valence-electron chi connectivity index (χ0n) is 13.0. The van der Waals surface area contributed by atoms with Crippen molar-refractivity contribution in [2.24, 2.45) is 0 Å². The number of amides is 1. The highest BCUT2D eigenvalue weighted by Gasteiger charge is 2.24. The molecule has 0 atom stereocenters. The first-order valence-corrected chi connectivity index (χ1v) is 8.26. The Balaban J connectivity index is 1.68. The molecule has 1 aliphatic heterocycles. The van der Waals surface area contributed by atoms with Gasteiger partial charge in [-0.25, -0.2) is 14.8 Å². The Bertz CT molecular complexity index is 823. The van der Waals surface area contributed by atoms with E-state index in [1.54, 1.807) is 11.0 Å². The summed E-state index contributed by atoms with van der Waals surface area (Å²) in [6.07, 6.45) is 2.86. The van der Waals surface area contributed by atoms with Gasteiger partial charge in [0.25, 0.3) is 5.91 Å². The summed E-state index contributed by atoms with van der Waals surface area (Å²) >= 11 is 12.0. The number of aromatic nitrogens is 2. The monoisotopic (exact) mass is 380 g/mol. The Hall–Kier alpha value is -2.38. The summed E-state index contributed by atoms with van der Waals surface area (Å²) in [5, 5.41) is 9.92. The quantitative estimate of drug-likeness (QED) is 0.879. The SMILES string of the molecule is O=C(O)c1cc(C(=O)N2CCN(c3ncc(Cl)cc3Cl)CC2)ccn1. The Labute approximate surface area is 153 Å². The Morgan fingerprint density at radius 1 is 1.08 bits per heavy atom. The van der Waals surface area contributed by atoms with E-state index in [0.29, 0.717) is 47.6 Å². The standard InChI is InChI=1S/C16H14Cl2N4O3/c17-11-8-12(18)14(20-9-11)21-3-5-22(6-4-21)15(23)10-1-2-19-13(7-10)16(24)25/h1-2,7-9H,3-6H2,(H,24,25). The predicted molar refractivity (Wildman–Crippen MR) is 93.6 cm³/mol. The summed E-state index contributed by atoms with van der Waals surface area (Å²) < 4.78 is 0. The van der Waals surface area contributed by atoms with Crippen LogP contribution in [0.1, 0.15) is 20.8 Å². The zero-order chi connectivity index (χ0) is 18.0. The molecule has 2 aromatic rings. The van der Waals surface area contributed by atoms with E-state index < -0.39 is 5.97 Å². The summed E-state index contributed by atoms with van der Waals surface area (Å²) in [4.78, 5) is 35.2. The van der Waals surface area contributed by atoms with E-state index >= 15 is 0 Å². The molecule has 2 aromatic heterocycles. The van der Waals surface area contributed by atoms with Crippen LogP contribution >= 0.6 is 23.2 Å². The molecular formula is C16H14Cl2N4O3. The van der Waals surface area contributed by atoms with Crippen molar-refractivity contribution in [2.75, 3.05) is 31.1 Å². The fourth-order valence-electron chi connectivity index (χ4n) is 2.62. The van der Waals surface area contributed by atoms with Crippen LogP contribution < -0.4 is 4.90 Å². The van der Waals surface area contributed by atoms with Gasteiger partial charge in [-0.05, 0) is 18.2 Å². The average molecular weight is 381 g/mol. The normalized spacial score (nSPS) is 14.5. The molecule has 0 bridgehead atoms. The number of carbonyl (C=O) groups excluding carboxylic acids is 1. The van der Waals surface area contributed by atoms with Crippen molar-refractivity contribution in [3.63, 3.8) is 0 Å². The minimum Gasteiger partial charge on any atom is -0.477 e. The van der Waals surface area contributed by atoms with Crippen molar-refractivity contribution in [1.29, 1.82) is 0 Å². The fraction of sp³-hybridized carbons (Fsp3) is 0.250. The molecule has 0 unspecified atom stereocenters. The number of rotatable bonds is 3. The number of hydrogen-bond acceptors (Lipinski definition) is 5. The molecule has 1 saturated heterocycles. The van der Waals surface area contributed by atoms with Crippen LogP contribution in [0.15, 0.2) is 30.6 Å². The van der Waals surface area contributed by atoms with Crippen LogP contribution in [0.25, 0.3) is 0 Å². The van der Waals surface area contributed by atoms with Gasteiger partial charge in [0.2, 0.25) is 0 Å². The zero-order valence-corrected chi connectivity index (χ0v) is 14.5. The minimum atomic E-state index is -1.16. The maximum atomic E-state index is 12.6. The van der Waals surface area contributed by atoms with Crippen LogP contribution in [0.4, 0.5) is 5.82 Å². The van der Waals surface area contributed by atoms with Gasteiger partial charge in [0.05, 0.1) is 10.0 Å². The van der Waals surface area contributed by atoms with Gasteiger partial charge < -0.3 is 14.9 Å². The lowest BCUT2D eigenvalue weighted by Gasteiger charge is -2.35. The fourth-order valence-corrected chi connectivity index (χ4v) is 3.12. The lowest BCUT2D eigenvalue weighted by molar-refractivity contribution is 0.0690. The van der Waals surface area contributed by atoms with E-state index in [0.717, 1.165) is 0 Å². The number of hydrogen-bond donors (Lipinski definition) is 1. The largest absolute Gasteiger partial charge is 0.477 e. The minimum absolute atomic E-state index is 0.151. The van der Waals surface area contributed by atoms with Gasteiger partial charge in [0.1, 0.15) is 11.5 Å². The van der Waals surface area contributed by atoms with Gasteiger partial charge in [-0.3, -0.25) is 4.79 Å². The molecule has 9 heteroatoms. The molecule has 7 nitrogen and oxygen atoms in total. The third-order valence-electron chi connectivity index (χ3n) is 3.88. The lowest BCUT2D eigenvalue weighted by Crippen LogP contribution is -2.49. The first-order chi connectivity index (χ1) is 12.0. The van der Waals surface area contributed by atoms with E-state index in [2.05, 4.69) is 9.97 Å². The van der Waals surface area contributed by atoms with Gasteiger partial charge in [0.15, 0.2) is 0 Å². The number of pyridine rings is 2. The van der Waals surface area contributed by atoms with Gasteiger partial charge in [0, 0.05) is 44.1 Å². The molecule has 3 rings (SSSR count). The summed E-state index contributed by atoms with van der Waals surface area (Å²) in [6.45, 7) is 2.09. The first kappa shape index (κ1) is 17.4. The second-order valence-electron chi connectivity index (χ2n) is 5.47. The van der Waals surface area contributed by atoms with E-state index in [9.17, 15) is 9.59 Å². The van der Waals surface area contributed by atoms with Crippen LogP contribution in [-0.2, 0) is 0 Å². The number of aromatic carboxylic acids is 1. The molecule has 0 aliphatic carbocycles. The number of halogens is 2. The van der Waals surface area contributed by atoms with Gasteiger partial charge in [-0.2, -0.15) is 0 Å². The number of anilines is 1. The average Bonchev–Trinajstić information content (AvgIpc) is 2.61. The second-order valence-corrected chi connectivity index (χ2v) is 6.32. The van der Waals surface area contributed by atoms with Crippen molar-refractivity contribution >= 4 is 40.9 Å². The molecule has 3 heterocycles. The Morgan fingerprint density at radius 3 is 2.44 bits per heavy atom. The summed E-state index contributed by atoms with van der Waals surface area (Å²) in [6, 6.07) is 4.43. The van der Waals surface area contributed by atoms with E-state index in [1.807, 2.05) is 4.90 Å². The molecule has 0 aromatic carbocycles. The van der Waals surface area contributed by atoms with Gasteiger partial charge in [-0.1, -0.05) is 23.2 Å². The molecule has 130 valence electrons. The molecule has 0 radical (unpaired) electrons. The second kappa shape index (κ2) is 7.25. The van der Waals surface area contributed by atoms with Crippen molar-refractivity contribution < 1.29 is 14.7 Å². The van der Waals surface area contributed by atoms with Crippen LogP contribution in [0.3, 0.4) is 0 Å². The van der Waals surface area contributed by atoms with Crippen molar-refractivity contribution in [2.45, 2.75) is 0 Å². The van der Waals surface area contributed by atoms with Gasteiger partial charge >= 0.3 is 5.97 Å². The molecule has 1 N–H and O–H groups in total. The number of carboxylic acid groups (broad SMARTS) is 1. The smallest absolute Gasteiger partial charge is 0.354 e. The van der Waals surface area contributed by atoms with Crippen LogP contribution in [0, 0.1) is 0 Å². The number of piperazine rings is 1. The lowest BCUT2D eigenvalue weighted by atomic mass is 10.2. The maximum Gasteiger partial charge on any atom is 0.354 e. The summed E-state index contributed by atoms with van der Waals surface area (Å²) in [5.74, 6) is -0.752. The number of nitrogens with zero attached hydrogens (tertiary/aromatic N) is 4. The van der Waals surface area contributed by atoms with Crippen molar-refractivity contribution in [3.8, 4) is 0 Å². The summed E-state index contributed by atoms with van der Waals surface area (Å²) in [5.41, 5.74) is 0.158. The Morgan fingerprint density at radius 2 is 1.80 bits per heavy atom. The highest BCUT2D eigenvalue weighted by atomic mass is 35.5. The number of carboxylic acids is 1. The predicted octanol–water partition coefficient (Wildman–Crippen LogP) is 2.44. The molecular weight excluding hydrogens is 367 g/mol. The molecule has 1 fully saturated rings. The topological polar surface area (TPSA) is 86.6 Å². The first-order valence-electron chi connectivity index (χ1n) is 7.50. The molecule has 0 saturated carbocycles. The Kier molecular flexibility index (Phi) is 5.06. The highest BCUT2D eigenvalue weighted by molar-refractivity contribution is 6.36. The molecule has 25 heavy (non-hydrogen) atoms. The van der Waals surface area contributed by atoms with Crippen LogP contribution in [0.2, 0.25) is 10.0 Å². The van der Waals surface area contributed by atoms with E-state index in [4.69, 9.17) is 28.3 Å². The van der Waals surface area contributed by atoms with Gasteiger partial charge in [-0.15, -0.1) is 0 Å². The summed E-state index contributed by atoms with van der Waals surface area (Å²) in [7, 11) is 0.